The highest BCUT2D eigenvalue weighted by Crippen LogP contribution is 2.39. The number of aryl methyl sites for hydroxylation is 1. The molecular formula is C29H31N3O2. The van der Waals surface area contributed by atoms with Crippen LogP contribution >= 0.6 is 0 Å². The van der Waals surface area contributed by atoms with Gasteiger partial charge in [0.1, 0.15) is 12.4 Å². The number of nitriles is 1. The number of hydrogen-bond acceptors (Lipinski definition) is 4. The molecule has 0 bridgehead atoms. The van der Waals surface area contributed by atoms with E-state index in [1.54, 1.807) is 0 Å². The molecule has 0 spiro atoms. The largest absolute Gasteiger partial charge is 0.492 e. The fraction of sp³-hybridized carbons (Fsp3) is 0.379. The highest BCUT2D eigenvalue weighted by Gasteiger charge is 2.32. The first kappa shape index (κ1) is 22.4. The van der Waals surface area contributed by atoms with Gasteiger partial charge in [-0.3, -0.25) is 9.69 Å². The minimum atomic E-state index is -0.0543. The van der Waals surface area contributed by atoms with Crippen LogP contribution in [0.2, 0.25) is 0 Å². The van der Waals surface area contributed by atoms with Gasteiger partial charge in [0.2, 0.25) is 0 Å². The van der Waals surface area contributed by atoms with E-state index >= 15 is 0 Å². The zero-order chi connectivity index (χ0) is 23.7. The maximum atomic E-state index is 13.4. The molecule has 3 aromatic rings. The lowest BCUT2D eigenvalue weighted by molar-refractivity contribution is 0.0767. The van der Waals surface area contributed by atoms with Gasteiger partial charge in [-0.15, -0.1) is 0 Å². The van der Waals surface area contributed by atoms with Crippen molar-refractivity contribution in [3.05, 3.63) is 76.9 Å². The first-order valence-electron chi connectivity index (χ1n) is 12.2. The molecule has 2 aliphatic rings. The minimum Gasteiger partial charge on any atom is -0.492 e. The van der Waals surface area contributed by atoms with E-state index in [9.17, 15) is 10.1 Å². The average Bonchev–Trinajstić information content (AvgIpc) is 3.31. The van der Waals surface area contributed by atoms with Crippen LogP contribution in [0.3, 0.4) is 0 Å². The van der Waals surface area contributed by atoms with Gasteiger partial charge in [0.15, 0.2) is 0 Å². The number of rotatable bonds is 6. The van der Waals surface area contributed by atoms with Crippen molar-refractivity contribution < 1.29 is 9.53 Å². The number of nitrogens with one attached hydrogen (secondary N) is 1. The summed E-state index contributed by atoms with van der Waals surface area (Å²) in [6, 6.07) is 20.7. The number of amides is 1. The zero-order valence-corrected chi connectivity index (χ0v) is 19.9. The Bertz CT molecular complexity index is 1260. The molecule has 0 aromatic heterocycles. The molecule has 0 radical (unpaired) electrons. The Morgan fingerprint density at radius 3 is 2.76 bits per heavy atom. The molecular weight excluding hydrogens is 422 g/mol. The molecule has 1 heterocycles. The molecule has 1 saturated carbocycles. The standard InChI is InChI=1S/C29H31N3O2/c1-19-10-11-23(34-18-22-12-13-32(22)2)16-26(19)29(33)31-28-9-5-8-25(28)27-15-20(17-30)14-21-6-3-4-7-24(21)27/h3-4,6-7,10-11,14-16,22,25,28H,5,8-9,12-13,18H2,1-2H3,(H,31,33). The molecule has 1 aliphatic heterocycles. The molecule has 5 heteroatoms. The van der Waals surface area contributed by atoms with Gasteiger partial charge in [0, 0.05) is 23.6 Å². The molecule has 34 heavy (non-hydrogen) atoms. The molecule has 5 rings (SSSR count). The van der Waals surface area contributed by atoms with Crippen LogP contribution in [0.5, 0.6) is 5.75 Å². The number of likely N-dealkylation sites (tertiary alicyclic amines) is 1. The summed E-state index contributed by atoms with van der Waals surface area (Å²) < 4.78 is 6.01. The first-order valence-corrected chi connectivity index (χ1v) is 12.2. The first-order chi connectivity index (χ1) is 16.5. The molecule has 1 amide bonds. The van der Waals surface area contributed by atoms with E-state index < -0.39 is 0 Å². The summed E-state index contributed by atoms with van der Waals surface area (Å²) in [6.45, 7) is 3.73. The van der Waals surface area contributed by atoms with E-state index in [0.717, 1.165) is 54.5 Å². The van der Waals surface area contributed by atoms with E-state index in [4.69, 9.17) is 4.74 Å². The molecule has 2 fully saturated rings. The topological polar surface area (TPSA) is 65.4 Å². The van der Waals surface area contributed by atoms with Crippen molar-refractivity contribution in [3.63, 3.8) is 0 Å². The number of carbonyl (C=O) groups excluding carboxylic acids is 1. The maximum absolute atomic E-state index is 13.4. The number of ether oxygens (including phenoxy) is 1. The van der Waals surface area contributed by atoms with Crippen LogP contribution in [0.4, 0.5) is 0 Å². The SMILES string of the molecule is Cc1ccc(OCC2CCN2C)cc1C(=O)NC1CCCC1c1cc(C#N)cc2ccccc12. The third-order valence-corrected chi connectivity index (χ3v) is 7.59. The Labute approximate surface area is 201 Å². The zero-order valence-electron chi connectivity index (χ0n) is 19.9. The summed E-state index contributed by atoms with van der Waals surface area (Å²) in [5, 5.41) is 15.1. The van der Waals surface area contributed by atoms with Crippen LogP contribution in [0.25, 0.3) is 10.8 Å². The van der Waals surface area contributed by atoms with Crippen LogP contribution < -0.4 is 10.1 Å². The van der Waals surface area contributed by atoms with E-state index in [1.807, 2.05) is 49.4 Å². The molecule has 1 N–H and O–H groups in total. The van der Waals surface area contributed by atoms with Gasteiger partial charge in [-0.1, -0.05) is 36.8 Å². The normalized spacial score (nSPS) is 22.2. The Balaban J connectivity index is 1.35. The molecule has 3 unspecified atom stereocenters. The number of likely N-dealkylation sites (N-methyl/N-ethyl adjacent to an activating group) is 1. The van der Waals surface area contributed by atoms with Crippen molar-refractivity contribution >= 4 is 16.7 Å². The monoisotopic (exact) mass is 453 g/mol. The van der Waals surface area contributed by atoms with Crippen molar-refractivity contribution in [2.24, 2.45) is 0 Å². The van der Waals surface area contributed by atoms with Crippen molar-refractivity contribution in [2.75, 3.05) is 20.2 Å². The predicted molar refractivity (Wildman–Crippen MR) is 134 cm³/mol. The Kier molecular flexibility index (Phi) is 6.26. The lowest BCUT2D eigenvalue weighted by atomic mass is 9.88. The number of benzene rings is 3. The van der Waals surface area contributed by atoms with Crippen molar-refractivity contribution in [2.45, 2.75) is 50.6 Å². The number of fused-ring (bicyclic) bond motifs is 1. The minimum absolute atomic E-state index is 0.0393. The Hall–Kier alpha value is -3.36. The summed E-state index contributed by atoms with van der Waals surface area (Å²) in [5.74, 6) is 0.879. The van der Waals surface area contributed by atoms with Crippen molar-refractivity contribution in [1.29, 1.82) is 5.26 Å². The fourth-order valence-corrected chi connectivity index (χ4v) is 5.37. The van der Waals surface area contributed by atoms with E-state index in [1.165, 1.54) is 5.39 Å². The maximum Gasteiger partial charge on any atom is 0.251 e. The number of carbonyl (C=O) groups is 1. The molecule has 3 atom stereocenters. The molecule has 3 aromatic carbocycles. The highest BCUT2D eigenvalue weighted by molar-refractivity contribution is 5.96. The van der Waals surface area contributed by atoms with Gasteiger partial charge in [0.05, 0.1) is 11.6 Å². The Morgan fingerprint density at radius 2 is 2.00 bits per heavy atom. The van der Waals surface area contributed by atoms with Gasteiger partial charge in [-0.25, -0.2) is 0 Å². The van der Waals surface area contributed by atoms with Gasteiger partial charge in [0.25, 0.3) is 5.91 Å². The summed E-state index contributed by atoms with van der Waals surface area (Å²) in [6.07, 6.45) is 4.14. The summed E-state index contributed by atoms with van der Waals surface area (Å²) in [7, 11) is 2.11. The Morgan fingerprint density at radius 1 is 1.15 bits per heavy atom. The number of hydrogen-bond donors (Lipinski definition) is 1. The predicted octanol–water partition coefficient (Wildman–Crippen LogP) is 5.17. The summed E-state index contributed by atoms with van der Waals surface area (Å²) in [4.78, 5) is 15.7. The van der Waals surface area contributed by atoms with Crippen LogP contribution in [-0.2, 0) is 0 Å². The van der Waals surface area contributed by atoms with Crippen LogP contribution in [-0.4, -0.2) is 43.1 Å². The fourth-order valence-electron chi connectivity index (χ4n) is 5.37. The van der Waals surface area contributed by atoms with Crippen molar-refractivity contribution in [3.8, 4) is 11.8 Å². The summed E-state index contributed by atoms with van der Waals surface area (Å²) in [5.41, 5.74) is 3.44. The molecule has 1 aliphatic carbocycles. The molecule has 1 saturated heterocycles. The molecule has 5 nitrogen and oxygen atoms in total. The van der Waals surface area contributed by atoms with Gasteiger partial charge in [-0.05, 0) is 85.9 Å². The lowest BCUT2D eigenvalue weighted by Crippen LogP contribution is -2.48. The number of nitrogens with zero attached hydrogens (tertiary/aromatic N) is 2. The van der Waals surface area contributed by atoms with Crippen molar-refractivity contribution in [1.82, 2.24) is 10.2 Å². The lowest BCUT2D eigenvalue weighted by Gasteiger charge is -2.37. The third kappa shape index (κ3) is 4.38. The van der Waals surface area contributed by atoms with Crippen LogP contribution in [0.1, 0.15) is 58.6 Å². The van der Waals surface area contributed by atoms with E-state index in [2.05, 4.69) is 35.5 Å². The van der Waals surface area contributed by atoms with E-state index in [-0.39, 0.29) is 17.9 Å². The quantitative estimate of drug-likeness (QED) is 0.559. The van der Waals surface area contributed by atoms with Gasteiger partial charge >= 0.3 is 0 Å². The highest BCUT2D eigenvalue weighted by atomic mass is 16.5. The second kappa shape index (κ2) is 9.48. The summed E-state index contributed by atoms with van der Waals surface area (Å²) >= 11 is 0. The van der Waals surface area contributed by atoms with Gasteiger partial charge < -0.3 is 10.1 Å². The average molecular weight is 454 g/mol. The smallest absolute Gasteiger partial charge is 0.251 e. The van der Waals surface area contributed by atoms with E-state index in [0.29, 0.717) is 23.8 Å². The molecule has 174 valence electrons. The third-order valence-electron chi connectivity index (χ3n) is 7.59. The van der Waals surface area contributed by atoms with Crippen LogP contribution in [0.15, 0.2) is 54.6 Å². The van der Waals surface area contributed by atoms with Crippen LogP contribution in [0, 0.1) is 18.3 Å². The second-order valence-electron chi connectivity index (χ2n) is 9.73. The second-order valence-corrected chi connectivity index (χ2v) is 9.73. The van der Waals surface area contributed by atoms with Gasteiger partial charge in [-0.2, -0.15) is 5.26 Å².